The Labute approximate surface area is 221 Å². The van der Waals surface area contributed by atoms with Gasteiger partial charge in [-0.2, -0.15) is 5.10 Å². The van der Waals surface area contributed by atoms with Crippen LogP contribution in [0.1, 0.15) is 49.6 Å². The Balaban J connectivity index is 0.00000216. The molecule has 4 rings (SSSR count). The average Bonchev–Trinajstić information content (AvgIpc) is 3.08. The van der Waals surface area contributed by atoms with E-state index in [0.29, 0.717) is 24.2 Å². The molecule has 2 heterocycles. The molecule has 0 spiro atoms. The van der Waals surface area contributed by atoms with Crippen LogP contribution in [0.15, 0.2) is 48.7 Å². The SMILES string of the molecule is COc1ccc(Cn2nc(C)c(N3C=CC=CC3C3C[C@H](CC(N)=O)CC[C@@H]3C)c2C)cc1.Cl.Cl. The Morgan fingerprint density at radius 1 is 1.14 bits per heavy atom. The fourth-order valence-electron chi connectivity index (χ4n) is 5.60. The van der Waals surface area contributed by atoms with Gasteiger partial charge < -0.3 is 15.4 Å². The summed E-state index contributed by atoms with van der Waals surface area (Å²) in [7, 11) is 1.68. The van der Waals surface area contributed by atoms with E-state index in [0.717, 1.165) is 42.9 Å². The van der Waals surface area contributed by atoms with Gasteiger partial charge in [-0.1, -0.05) is 37.6 Å². The molecule has 1 fully saturated rings. The van der Waals surface area contributed by atoms with Crippen molar-refractivity contribution in [2.75, 3.05) is 12.0 Å². The molecule has 1 saturated carbocycles. The van der Waals surface area contributed by atoms with Crippen molar-refractivity contribution in [1.82, 2.24) is 9.78 Å². The van der Waals surface area contributed by atoms with Crippen LogP contribution in [0, 0.1) is 31.6 Å². The molecule has 0 saturated heterocycles. The van der Waals surface area contributed by atoms with E-state index in [1.54, 1.807) is 7.11 Å². The van der Waals surface area contributed by atoms with Gasteiger partial charge in [-0.05, 0) is 68.2 Å². The van der Waals surface area contributed by atoms with E-state index >= 15 is 0 Å². The van der Waals surface area contributed by atoms with Gasteiger partial charge in [0.1, 0.15) is 5.75 Å². The molecule has 6 nitrogen and oxygen atoms in total. The van der Waals surface area contributed by atoms with Gasteiger partial charge in [0.05, 0.1) is 36.8 Å². The average molecular weight is 522 g/mol. The maximum atomic E-state index is 11.6. The van der Waals surface area contributed by atoms with Crippen LogP contribution in [0.25, 0.3) is 0 Å². The van der Waals surface area contributed by atoms with Crippen LogP contribution in [0.5, 0.6) is 5.75 Å². The molecule has 2 aromatic rings. The van der Waals surface area contributed by atoms with E-state index in [1.165, 1.54) is 11.3 Å². The standard InChI is InChI=1S/C27H36N4O2.2ClH/c1-18-8-9-22(16-26(28)32)15-24(18)25-7-5-6-14-30(25)27-19(2)29-31(20(27)3)17-21-10-12-23(33-4)13-11-21;;/h5-7,10-14,18,22,24-25H,8-9,15-17H2,1-4H3,(H2,28,32);2*1H/t18-,22+,24?,25?;;/m0../s1. The summed E-state index contributed by atoms with van der Waals surface area (Å²) in [5.41, 5.74) is 10.1. The summed E-state index contributed by atoms with van der Waals surface area (Å²) in [6.45, 7) is 7.32. The first-order valence-electron chi connectivity index (χ1n) is 12.0. The van der Waals surface area contributed by atoms with E-state index in [2.05, 4.69) is 66.9 Å². The van der Waals surface area contributed by atoms with Crippen molar-refractivity contribution in [1.29, 1.82) is 0 Å². The first-order chi connectivity index (χ1) is 15.9. The number of primary amides is 1. The van der Waals surface area contributed by atoms with Gasteiger partial charge in [0.25, 0.3) is 0 Å². The monoisotopic (exact) mass is 520 g/mol. The molecular formula is C27H38Cl2N4O2. The number of anilines is 1. The predicted molar refractivity (Wildman–Crippen MR) is 147 cm³/mol. The van der Waals surface area contributed by atoms with Crippen molar-refractivity contribution in [2.45, 2.75) is 59.0 Å². The molecule has 1 aromatic carbocycles. The zero-order valence-corrected chi connectivity index (χ0v) is 22.6. The van der Waals surface area contributed by atoms with Crippen molar-refractivity contribution in [3.63, 3.8) is 0 Å². The first-order valence-corrected chi connectivity index (χ1v) is 12.0. The number of carbonyl (C=O) groups excluding carboxylic acids is 1. The van der Waals surface area contributed by atoms with Gasteiger partial charge in [0.15, 0.2) is 0 Å². The summed E-state index contributed by atoms with van der Waals surface area (Å²) < 4.78 is 7.38. The molecule has 192 valence electrons. The van der Waals surface area contributed by atoms with Crippen LogP contribution in [-0.4, -0.2) is 28.8 Å². The van der Waals surface area contributed by atoms with Gasteiger partial charge in [-0.15, -0.1) is 24.8 Å². The van der Waals surface area contributed by atoms with E-state index < -0.39 is 0 Å². The number of ether oxygens (including phenoxy) is 1. The number of nitrogens with zero attached hydrogens (tertiary/aromatic N) is 3. The molecule has 4 atom stereocenters. The molecule has 2 N–H and O–H groups in total. The summed E-state index contributed by atoms with van der Waals surface area (Å²) in [5.74, 6) is 2.11. The minimum absolute atomic E-state index is 0. The highest BCUT2D eigenvalue weighted by Gasteiger charge is 2.37. The number of aromatic nitrogens is 2. The molecule has 1 aliphatic heterocycles. The molecule has 2 aliphatic rings. The van der Waals surface area contributed by atoms with Crippen molar-refractivity contribution >= 4 is 36.4 Å². The molecular weight excluding hydrogens is 483 g/mol. The number of hydrogen-bond acceptors (Lipinski definition) is 4. The Morgan fingerprint density at radius 3 is 2.51 bits per heavy atom. The number of nitrogens with two attached hydrogens (primary N) is 1. The van der Waals surface area contributed by atoms with E-state index in [4.69, 9.17) is 15.6 Å². The second kappa shape index (κ2) is 12.5. The lowest BCUT2D eigenvalue weighted by atomic mass is 9.70. The maximum absolute atomic E-state index is 11.6. The van der Waals surface area contributed by atoms with Gasteiger partial charge in [-0.3, -0.25) is 9.48 Å². The topological polar surface area (TPSA) is 73.4 Å². The van der Waals surface area contributed by atoms with Crippen molar-refractivity contribution in [3.05, 3.63) is 65.6 Å². The summed E-state index contributed by atoms with van der Waals surface area (Å²) >= 11 is 0. The molecule has 0 radical (unpaired) electrons. The quantitative estimate of drug-likeness (QED) is 0.516. The zero-order chi connectivity index (χ0) is 23.5. The summed E-state index contributed by atoms with van der Waals surface area (Å²) in [6, 6.07) is 8.40. The molecule has 1 aromatic heterocycles. The fourth-order valence-corrected chi connectivity index (χ4v) is 5.60. The number of hydrogen-bond donors (Lipinski definition) is 1. The number of halogens is 2. The summed E-state index contributed by atoms with van der Waals surface area (Å²) in [5, 5.41) is 4.90. The largest absolute Gasteiger partial charge is 0.497 e. The van der Waals surface area contributed by atoms with Gasteiger partial charge >= 0.3 is 0 Å². The van der Waals surface area contributed by atoms with Crippen molar-refractivity contribution < 1.29 is 9.53 Å². The third kappa shape index (κ3) is 6.42. The Bertz CT molecular complexity index is 1050. The second-order valence-electron chi connectivity index (χ2n) is 9.64. The van der Waals surface area contributed by atoms with E-state index in [-0.39, 0.29) is 36.8 Å². The third-order valence-electron chi connectivity index (χ3n) is 7.38. The van der Waals surface area contributed by atoms with Crippen LogP contribution in [0.4, 0.5) is 5.69 Å². The lowest BCUT2D eigenvalue weighted by Crippen LogP contribution is -2.43. The molecule has 0 bridgehead atoms. The highest BCUT2D eigenvalue weighted by atomic mass is 35.5. The summed E-state index contributed by atoms with van der Waals surface area (Å²) in [4.78, 5) is 14.0. The minimum atomic E-state index is -0.185. The zero-order valence-electron chi connectivity index (χ0n) is 21.0. The molecule has 1 amide bonds. The van der Waals surface area contributed by atoms with Crippen LogP contribution in [0.2, 0.25) is 0 Å². The predicted octanol–water partition coefficient (Wildman–Crippen LogP) is 5.59. The molecule has 35 heavy (non-hydrogen) atoms. The van der Waals surface area contributed by atoms with Crippen LogP contribution in [0.3, 0.4) is 0 Å². The highest BCUT2D eigenvalue weighted by Crippen LogP contribution is 2.42. The minimum Gasteiger partial charge on any atom is -0.497 e. The molecule has 1 aliphatic carbocycles. The number of carbonyl (C=O) groups is 1. The second-order valence-corrected chi connectivity index (χ2v) is 9.64. The van der Waals surface area contributed by atoms with E-state index in [1.807, 2.05) is 12.1 Å². The first kappa shape index (κ1) is 28.8. The van der Waals surface area contributed by atoms with E-state index in [9.17, 15) is 4.79 Å². The van der Waals surface area contributed by atoms with Crippen LogP contribution in [-0.2, 0) is 11.3 Å². The van der Waals surface area contributed by atoms with Crippen LogP contribution < -0.4 is 15.4 Å². The number of aryl methyl sites for hydroxylation is 1. The summed E-state index contributed by atoms with van der Waals surface area (Å²) in [6.07, 6.45) is 12.5. The van der Waals surface area contributed by atoms with Crippen molar-refractivity contribution in [3.8, 4) is 5.75 Å². The number of amides is 1. The van der Waals surface area contributed by atoms with Crippen LogP contribution >= 0.6 is 24.8 Å². The normalized spacial score (nSPS) is 23.4. The number of benzene rings is 1. The van der Waals surface area contributed by atoms with Gasteiger partial charge in [0.2, 0.25) is 5.91 Å². The lowest BCUT2D eigenvalue weighted by molar-refractivity contribution is -0.119. The number of allylic oxidation sites excluding steroid dienone is 2. The van der Waals surface area contributed by atoms with Gasteiger partial charge in [-0.25, -0.2) is 0 Å². The van der Waals surface area contributed by atoms with Gasteiger partial charge in [0, 0.05) is 12.6 Å². The molecule has 8 heteroatoms. The lowest BCUT2D eigenvalue weighted by Gasteiger charge is -2.43. The third-order valence-corrected chi connectivity index (χ3v) is 7.38. The number of methoxy groups -OCH3 is 1. The Hall–Kier alpha value is -2.44. The number of rotatable bonds is 7. The highest BCUT2D eigenvalue weighted by molar-refractivity contribution is 5.85. The fraction of sp³-hybridized carbons (Fsp3) is 0.481. The molecule has 2 unspecified atom stereocenters. The van der Waals surface area contributed by atoms with Crippen molar-refractivity contribution in [2.24, 2.45) is 23.5 Å². The smallest absolute Gasteiger partial charge is 0.217 e. The Morgan fingerprint density at radius 2 is 1.86 bits per heavy atom. The maximum Gasteiger partial charge on any atom is 0.217 e. The Kier molecular flexibility index (Phi) is 10.3.